The summed E-state index contributed by atoms with van der Waals surface area (Å²) in [7, 11) is 0. The Bertz CT molecular complexity index is 536. The minimum Gasteiger partial charge on any atom is -0.368 e. The number of hydrogen-bond acceptors (Lipinski definition) is 3. The smallest absolute Gasteiger partial charge is 0.251 e. The maximum Gasteiger partial charge on any atom is 0.251 e. The normalized spacial score (nSPS) is 24.5. The summed E-state index contributed by atoms with van der Waals surface area (Å²) < 4.78 is 5.47. The zero-order valence-corrected chi connectivity index (χ0v) is 12.1. The van der Waals surface area contributed by atoms with Gasteiger partial charge in [0.2, 0.25) is 0 Å². The van der Waals surface area contributed by atoms with E-state index in [-0.39, 0.29) is 12.0 Å². The molecule has 4 heteroatoms. The minimum absolute atomic E-state index is 0.104. The predicted octanol–water partition coefficient (Wildman–Crippen LogP) is 2.25. The topological polar surface area (TPSA) is 53.3 Å². The fraction of sp³-hybridized carbons (Fsp3) is 0.529. The average molecular weight is 284 g/mol. The van der Waals surface area contributed by atoms with Gasteiger partial charge in [-0.1, -0.05) is 30.3 Å². The van der Waals surface area contributed by atoms with Crippen molar-refractivity contribution in [2.75, 3.05) is 19.7 Å². The molecule has 1 aromatic rings. The summed E-state index contributed by atoms with van der Waals surface area (Å²) in [5, 5.41) is 9.65. The van der Waals surface area contributed by atoms with Gasteiger partial charge in [0.1, 0.15) is 6.10 Å². The second-order valence-corrected chi connectivity index (χ2v) is 5.89. The molecule has 110 valence electrons. The van der Waals surface area contributed by atoms with Crippen molar-refractivity contribution in [2.45, 2.75) is 37.2 Å². The molecular weight excluding hydrogens is 264 g/mol. The van der Waals surface area contributed by atoms with Crippen molar-refractivity contribution in [3.63, 3.8) is 0 Å². The van der Waals surface area contributed by atoms with Gasteiger partial charge in [0, 0.05) is 19.7 Å². The highest BCUT2D eigenvalue weighted by atomic mass is 16.5. The van der Waals surface area contributed by atoms with Gasteiger partial charge >= 0.3 is 0 Å². The van der Waals surface area contributed by atoms with E-state index in [0.717, 1.165) is 18.4 Å². The van der Waals surface area contributed by atoms with Crippen LogP contribution in [-0.2, 0) is 14.9 Å². The lowest BCUT2D eigenvalue weighted by molar-refractivity contribution is -0.142. The minimum atomic E-state index is -0.450. The van der Waals surface area contributed by atoms with Crippen molar-refractivity contribution in [3.05, 3.63) is 35.9 Å². The Hall–Kier alpha value is -1.86. The van der Waals surface area contributed by atoms with Gasteiger partial charge in [-0.2, -0.15) is 5.26 Å². The fourth-order valence-electron chi connectivity index (χ4n) is 3.31. The van der Waals surface area contributed by atoms with Crippen LogP contribution in [0.4, 0.5) is 0 Å². The summed E-state index contributed by atoms with van der Waals surface area (Å²) in [6, 6.07) is 12.4. The molecule has 1 aromatic carbocycles. The molecule has 1 atom stereocenters. The van der Waals surface area contributed by atoms with Crippen LogP contribution in [0.15, 0.2) is 30.3 Å². The molecule has 0 saturated carbocycles. The Kier molecular flexibility index (Phi) is 3.94. The molecule has 4 nitrogen and oxygen atoms in total. The molecule has 1 amide bonds. The van der Waals surface area contributed by atoms with Gasteiger partial charge < -0.3 is 9.64 Å². The number of amides is 1. The third-order valence-electron chi connectivity index (χ3n) is 4.67. The van der Waals surface area contributed by atoms with Crippen LogP contribution in [0.2, 0.25) is 0 Å². The molecule has 0 radical (unpaired) electrons. The van der Waals surface area contributed by atoms with Gasteiger partial charge in [0.25, 0.3) is 5.91 Å². The fourth-order valence-corrected chi connectivity index (χ4v) is 3.31. The molecule has 21 heavy (non-hydrogen) atoms. The SMILES string of the molecule is N#CC1(c2ccccc2)CCN(C(=O)C2CCCO2)CC1. The van der Waals surface area contributed by atoms with Crippen molar-refractivity contribution < 1.29 is 9.53 Å². The molecule has 0 spiro atoms. The van der Waals surface area contributed by atoms with E-state index in [1.807, 2.05) is 35.2 Å². The first-order chi connectivity index (χ1) is 10.2. The van der Waals surface area contributed by atoms with E-state index in [1.54, 1.807) is 0 Å². The first-order valence-electron chi connectivity index (χ1n) is 7.62. The van der Waals surface area contributed by atoms with Crippen molar-refractivity contribution in [1.29, 1.82) is 5.26 Å². The molecule has 0 aliphatic carbocycles. The molecule has 2 fully saturated rings. The predicted molar refractivity (Wildman–Crippen MR) is 78.5 cm³/mol. The van der Waals surface area contributed by atoms with Crippen LogP contribution >= 0.6 is 0 Å². The average Bonchev–Trinajstić information content (AvgIpc) is 3.09. The van der Waals surface area contributed by atoms with Crippen molar-refractivity contribution in [3.8, 4) is 6.07 Å². The highest BCUT2D eigenvalue weighted by molar-refractivity contribution is 5.81. The van der Waals surface area contributed by atoms with E-state index >= 15 is 0 Å². The van der Waals surface area contributed by atoms with E-state index in [4.69, 9.17) is 4.74 Å². The molecule has 3 rings (SSSR count). The standard InChI is InChI=1S/C17H20N2O2/c18-13-17(14-5-2-1-3-6-14)8-10-19(11-9-17)16(20)15-7-4-12-21-15/h1-3,5-6,15H,4,7-12H2. The van der Waals surface area contributed by atoms with Crippen LogP contribution < -0.4 is 0 Å². The Morgan fingerprint density at radius 2 is 2.00 bits per heavy atom. The molecule has 0 N–H and O–H groups in total. The van der Waals surface area contributed by atoms with E-state index in [2.05, 4.69) is 6.07 Å². The summed E-state index contributed by atoms with van der Waals surface area (Å²) >= 11 is 0. The van der Waals surface area contributed by atoms with E-state index in [1.165, 1.54) is 0 Å². The van der Waals surface area contributed by atoms with E-state index in [0.29, 0.717) is 32.5 Å². The number of benzene rings is 1. The third-order valence-corrected chi connectivity index (χ3v) is 4.67. The monoisotopic (exact) mass is 284 g/mol. The number of ether oxygens (including phenoxy) is 1. The Balaban J connectivity index is 1.69. The number of rotatable bonds is 2. The number of nitrogens with zero attached hydrogens (tertiary/aromatic N) is 2. The van der Waals surface area contributed by atoms with Gasteiger partial charge in [0.05, 0.1) is 11.5 Å². The summed E-state index contributed by atoms with van der Waals surface area (Å²) in [5.74, 6) is 0.104. The molecule has 0 aromatic heterocycles. The van der Waals surface area contributed by atoms with Crippen LogP contribution in [-0.4, -0.2) is 36.6 Å². The number of likely N-dealkylation sites (tertiary alicyclic amines) is 1. The largest absolute Gasteiger partial charge is 0.368 e. The maximum atomic E-state index is 12.4. The Morgan fingerprint density at radius 1 is 1.29 bits per heavy atom. The highest BCUT2D eigenvalue weighted by Crippen LogP contribution is 2.35. The lowest BCUT2D eigenvalue weighted by Crippen LogP contribution is -2.47. The summed E-state index contributed by atoms with van der Waals surface area (Å²) in [4.78, 5) is 14.2. The Labute approximate surface area is 125 Å². The molecule has 2 aliphatic rings. The highest BCUT2D eigenvalue weighted by Gasteiger charge is 2.39. The molecule has 0 bridgehead atoms. The van der Waals surface area contributed by atoms with Crippen molar-refractivity contribution in [1.82, 2.24) is 4.90 Å². The maximum absolute atomic E-state index is 12.4. The van der Waals surface area contributed by atoms with Crippen LogP contribution in [0, 0.1) is 11.3 Å². The summed E-state index contributed by atoms with van der Waals surface area (Å²) in [6.07, 6.45) is 2.95. The quantitative estimate of drug-likeness (QED) is 0.837. The number of hydrogen-bond donors (Lipinski definition) is 0. The first-order valence-corrected chi connectivity index (χ1v) is 7.62. The second-order valence-electron chi connectivity index (χ2n) is 5.89. The number of nitriles is 1. The molecule has 1 unspecified atom stereocenters. The summed E-state index contributed by atoms with van der Waals surface area (Å²) in [6.45, 7) is 1.97. The van der Waals surface area contributed by atoms with Gasteiger partial charge in [-0.15, -0.1) is 0 Å². The van der Waals surface area contributed by atoms with Gasteiger partial charge in [-0.3, -0.25) is 4.79 Å². The zero-order chi connectivity index (χ0) is 14.7. The van der Waals surface area contributed by atoms with E-state index in [9.17, 15) is 10.1 Å². The third kappa shape index (κ3) is 2.66. The molecular formula is C17H20N2O2. The first kappa shape index (κ1) is 14.1. The van der Waals surface area contributed by atoms with Crippen LogP contribution in [0.1, 0.15) is 31.2 Å². The van der Waals surface area contributed by atoms with E-state index < -0.39 is 5.41 Å². The van der Waals surface area contributed by atoms with Crippen molar-refractivity contribution in [2.24, 2.45) is 0 Å². The lowest BCUT2D eigenvalue weighted by Gasteiger charge is -2.38. The van der Waals surface area contributed by atoms with Gasteiger partial charge in [-0.25, -0.2) is 0 Å². The number of piperidine rings is 1. The van der Waals surface area contributed by atoms with Crippen LogP contribution in [0.3, 0.4) is 0 Å². The lowest BCUT2D eigenvalue weighted by atomic mass is 9.74. The molecule has 2 heterocycles. The van der Waals surface area contributed by atoms with Crippen LogP contribution in [0.25, 0.3) is 0 Å². The zero-order valence-electron chi connectivity index (χ0n) is 12.1. The van der Waals surface area contributed by atoms with Crippen molar-refractivity contribution >= 4 is 5.91 Å². The molecule has 2 aliphatic heterocycles. The second kappa shape index (κ2) is 5.87. The summed E-state index contributed by atoms with van der Waals surface area (Å²) in [5.41, 5.74) is 0.617. The molecule has 2 saturated heterocycles. The number of carbonyl (C=O) groups is 1. The number of carbonyl (C=O) groups excluding carboxylic acids is 1. The Morgan fingerprint density at radius 3 is 2.57 bits per heavy atom. The van der Waals surface area contributed by atoms with Gasteiger partial charge in [0.15, 0.2) is 0 Å². The van der Waals surface area contributed by atoms with Crippen LogP contribution in [0.5, 0.6) is 0 Å². The van der Waals surface area contributed by atoms with Gasteiger partial charge in [-0.05, 0) is 31.2 Å².